The topological polar surface area (TPSA) is 157 Å². The number of nitrogens with one attached hydrogen (secondary N) is 3. The number of hydrogen-bond donors (Lipinski definition) is 3. The lowest BCUT2D eigenvalue weighted by Gasteiger charge is -2.31. The first kappa shape index (κ1) is 35.8. The van der Waals surface area contributed by atoms with Crippen LogP contribution in [0.1, 0.15) is 64.0 Å². The molecule has 1 atom stereocenters. The van der Waals surface area contributed by atoms with Crippen molar-refractivity contribution < 1.29 is 38.2 Å². The van der Waals surface area contributed by atoms with Crippen LogP contribution in [0.2, 0.25) is 0 Å². The van der Waals surface area contributed by atoms with Crippen LogP contribution in [-0.2, 0) is 37.1 Å². The summed E-state index contributed by atoms with van der Waals surface area (Å²) in [5.74, 6) is -0.384. The molecule has 0 radical (unpaired) electrons. The van der Waals surface area contributed by atoms with E-state index in [-0.39, 0.29) is 31.1 Å². The molecule has 0 aliphatic heterocycles. The van der Waals surface area contributed by atoms with Gasteiger partial charge >= 0.3 is 18.3 Å². The highest BCUT2D eigenvalue weighted by atomic mass is 16.7. The number of benzene rings is 2. The van der Waals surface area contributed by atoms with Crippen molar-refractivity contribution in [2.45, 2.75) is 83.8 Å². The largest absolute Gasteiger partial charge is 0.444 e. The Kier molecular flexibility index (Phi) is 13.8. The zero-order valence-corrected chi connectivity index (χ0v) is 27.1. The first-order valence-electron chi connectivity index (χ1n) is 15.3. The molecule has 2 aromatic rings. The van der Waals surface area contributed by atoms with Gasteiger partial charge in [0.2, 0.25) is 5.96 Å². The molecule has 0 heterocycles. The van der Waals surface area contributed by atoms with E-state index < -0.39 is 35.8 Å². The second kappa shape index (κ2) is 17.7. The van der Waals surface area contributed by atoms with Crippen LogP contribution in [0.25, 0.3) is 0 Å². The first-order chi connectivity index (χ1) is 21.9. The van der Waals surface area contributed by atoms with Crippen LogP contribution in [0.5, 0.6) is 0 Å². The summed E-state index contributed by atoms with van der Waals surface area (Å²) in [7, 11) is 2.86. The van der Waals surface area contributed by atoms with Crippen molar-refractivity contribution in [1.82, 2.24) is 21.0 Å². The number of likely N-dealkylation sites (N-methyl/N-ethyl adjacent to an activating group) is 1. The maximum absolute atomic E-state index is 13.0. The number of amides is 4. The van der Waals surface area contributed by atoms with Gasteiger partial charge in [0.25, 0.3) is 5.91 Å². The highest BCUT2D eigenvalue weighted by molar-refractivity contribution is 6.01. The van der Waals surface area contributed by atoms with Gasteiger partial charge in [-0.25, -0.2) is 24.4 Å². The highest BCUT2D eigenvalue weighted by Crippen LogP contribution is 2.30. The lowest BCUT2D eigenvalue weighted by molar-refractivity contribution is -0.171. The summed E-state index contributed by atoms with van der Waals surface area (Å²) in [5.41, 5.74) is 0.890. The Hall–Kier alpha value is -4.65. The molecule has 4 amide bonds. The zero-order valence-electron chi connectivity index (χ0n) is 27.1. The van der Waals surface area contributed by atoms with Crippen LogP contribution in [0.15, 0.2) is 65.7 Å². The van der Waals surface area contributed by atoms with Gasteiger partial charge in [0.15, 0.2) is 0 Å². The first-order valence-corrected chi connectivity index (χ1v) is 15.3. The average Bonchev–Trinajstić information content (AvgIpc) is 3.02. The Morgan fingerprint density at radius 1 is 0.826 bits per heavy atom. The molecule has 250 valence electrons. The Morgan fingerprint density at radius 2 is 1.33 bits per heavy atom. The van der Waals surface area contributed by atoms with Crippen LogP contribution in [-0.4, -0.2) is 67.1 Å². The Balaban J connectivity index is 1.63. The maximum Gasteiger partial charge on any atom is 0.414 e. The second-order valence-corrected chi connectivity index (χ2v) is 12.0. The third-order valence-corrected chi connectivity index (χ3v) is 7.14. The summed E-state index contributed by atoms with van der Waals surface area (Å²) in [6.45, 7) is 5.32. The summed E-state index contributed by atoms with van der Waals surface area (Å²) in [4.78, 5) is 60.4. The van der Waals surface area contributed by atoms with E-state index in [0.717, 1.165) is 16.2 Å². The van der Waals surface area contributed by atoms with Crippen molar-refractivity contribution in [3.05, 3.63) is 71.8 Å². The van der Waals surface area contributed by atoms with E-state index in [4.69, 9.17) is 19.0 Å². The molecule has 1 unspecified atom stereocenters. The number of guanidine groups is 1. The number of rotatable bonds is 10. The number of carbonyl (C=O) groups is 4. The van der Waals surface area contributed by atoms with E-state index in [2.05, 4.69) is 20.9 Å². The number of hydroxylamine groups is 2. The third kappa shape index (κ3) is 13.1. The number of alkyl carbamates (subject to hydrolysis) is 3. The summed E-state index contributed by atoms with van der Waals surface area (Å²) < 4.78 is 16.0. The molecule has 13 heteroatoms. The van der Waals surface area contributed by atoms with Crippen molar-refractivity contribution >= 4 is 30.1 Å². The molecule has 0 spiro atoms. The minimum Gasteiger partial charge on any atom is -0.444 e. The lowest BCUT2D eigenvalue weighted by Crippen LogP contribution is -2.49. The van der Waals surface area contributed by atoms with Crippen LogP contribution < -0.4 is 16.0 Å². The van der Waals surface area contributed by atoms with Gasteiger partial charge in [-0.2, -0.15) is 0 Å². The standard InChI is InChI=1S/C33H45N5O8/c1-33(2,3)46-32(42)35-27(28(39)38(4)43-5)20-23-16-18-26(19-17-23)34-29(36-30(40)44-21-24-12-8-6-9-13-24)37-31(41)45-22-25-14-10-7-11-15-25/h6-15,23,26-27H,16-22H2,1-5H3,(H,35,42)(H2,34,36,37,40,41). The minimum atomic E-state index is -0.845. The van der Waals surface area contributed by atoms with E-state index in [1.54, 1.807) is 20.8 Å². The number of ether oxygens (including phenoxy) is 3. The van der Waals surface area contributed by atoms with E-state index in [0.29, 0.717) is 32.1 Å². The quantitative estimate of drug-likeness (QED) is 0.141. The molecule has 0 aromatic heterocycles. The maximum atomic E-state index is 13.0. The Morgan fingerprint density at radius 3 is 1.78 bits per heavy atom. The molecule has 2 aromatic carbocycles. The third-order valence-electron chi connectivity index (χ3n) is 7.14. The van der Waals surface area contributed by atoms with Crippen LogP contribution in [0.4, 0.5) is 14.4 Å². The summed E-state index contributed by atoms with van der Waals surface area (Å²) in [6.07, 6.45) is 0.737. The molecule has 1 aliphatic carbocycles. The predicted molar refractivity (Wildman–Crippen MR) is 170 cm³/mol. The monoisotopic (exact) mass is 639 g/mol. The lowest BCUT2D eigenvalue weighted by atomic mass is 9.82. The fraction of sp³-hybridized carbons (Fsp3) is 0.485. The van der Waals surface area contributed by atoms with Crippen LogP contribution in [0.3, 0.4) is 0 Å². The molecule has 1 fully saturated rings. The molecule has 0 saturated heterocycles. The van der Waals surface area contributed by atoms with E-state index in [1.807, 2.05) is 60.7 Å². The summed E-state index contributed by atoms with van der Waals surface area (Å²) in [6, 6.07) is 17.3. The minimum absolute atomic E-state index is 0.0407. The highest BCUT2D eigenvalue weighted by Gasteiger charge is 2.31. The number of hydrogen-bond acceptors (Lipinski definition) is 9. The van der Waals surface area contributed by atoms with Crippen LogP contribution >= 0.6 is 0 Å². The fourth-order valence-electron chi connectivity index (χ4n) is 4.81. The van der Waals surface area contributed by atoms with E-state index in [1.165, 1.54) is 14.2 Å². The van der Waals surface area contributed by atoms with Gasteiger partial charge in [0, 0.05) is 7.05 Å². The van der Waals surface area contributed by atoms with Gasteiger partial charge in [-0.1, -0.05) is 60.7 Å². The normalized spacial score (nSPS) is 16.6. The number of aliphatic imine (C=N–C) groups is 1. The van der Waals surface area contributed by atoms with Crippen molar-refractivity contribution in [2.24, 2.45) is 10.9 Å². The summed E-state index contributed by atoms with van der Waals surface area (Å²) >= 11 is 0. The molecular weight excluding hydrogens is 594 g/mol. The smallest absolute Gasteiger partial charge is 0.414 e. The molecule has 1 aliphatic rings. The molecule has 1 saturated carbocycles. The molecular formula is C33H45N5O8. The molecule has 3 rings (SSSR count). The number of carbonyl (C=O) groups excluding carboxylic acids is 4. The fourth-order valence-corrected chi connectivity index (χ4v) is 4.81. The van der Waals surface area contributed by atoms with Crippen molar-refractivity contribution in [3.8, 4) is 0 Å². The predicted octanol–water partition coefficient (Wildman–Crippen LogP) is 5.06. The van der Waals surface area contributed by atoms with Crippen molar-refractivity contribution in [3.63, 3.8) is 0 Å². The van der Waals surface area contributed by atoms with Gasteiger partial charge < -0.3 is 19.5 Å². The van der Waals surface area contributed by atoms with Gasteiger partial charge in [0.1, 0.15) is 24.9 Å². The SMILES string of the molecule is CON(C)C(=O)C(CC1CCC(N=C(NC(=O)OCc2ccccc2)NC(=O)OCc2ccccc2)CC1)NC(=O)OC(C)(C)C. The van der Waals surface area contributed by atoms with E-state index in [9.17, 15) is 19.2 Å². The second-order valence-electron chi connectivity index (χ2n) is 12.0. The van der Waals surface area contributed by atoms with E-state index >= 15 is 0 Å². The van der Waals surface area contributed by atoms with Crippen LogP contribution in [0, 0.1) is 5.92 Å². The Bertz CT molecular complexity index is 1250. The average molecular weight is 640 g/mol. The van der Waals surface area contributed by atoms with Gasteiger partial charge in [-0.05, 0) is 69.9 Å². The Labute approximate surface area is 270 Å². The zero-order chi connectivity index (χ0) is 33.5. The van der Waals surface area contributed by atoms with Gasteiger partial charge in [-0.15, -0.1) is 0 Å². The molecule has 3 N–H and O–H groups in total. The van der Waals surface area contributed by atoms with Gasteiger partial charge in [-0.3, -0.25) is 20.3 Å². The van der Waals surface area contributed by atoms with Crippen molar-refractivity contribution in [2.75, 3.05) is 14.2 Å². The summed E-state index contributed by atoms with van der Waals surface area (Å²) in [5, 5.41) is 8.83. The molecule has 13 nitrogen and oxygen atoms in total. The molecule has 46 heavy (non-hydrogen) atoms. The number of nitrogens with zero attached hydrogens (tertiary/aromatic N) is 2. The van der Waals surface area contributed by atoms with Crippen molar-refractivity contribution in [1.29, 1.82) is 0 Å². The van der Waals surface area contributed by atoms with Gasteiger partial charge in [0.05, 0.1) is 13.2 Å². The molecule has 0 bridgehead atoms.